The number of amides is 3. The summed E-state index contributed by atoms with van der Waals surface area (Å²) in [6.45, 7) is 4.97. The summed E-state index contributed by atoms with van der Waals surface area (Å²) < 4.78 is 5.72. The van der Waals surface area contributed by atoms with E-state index in [1.54, 1.807) is 24.3 Å². The number of aromatic amines is 1. The van der Waals surface area contributed by atoms with Crippen LogP contribution in [0.2, 0.25) is 0 Å². The largest absolute Gasteiger partial charge is 0.493 e. The molecule has 3 aromatic carbocycles. The number of carbonyl (C=O) groups excluding carboxylic acids is 3. The van der Waals surface area contributed by atoms with Gasteiger partial charge in [0.15, 0.2) is 0 Å². The van der Waals surface area contributed by atoms with Crippen molar-refractivity contribution in [1.29, 1.82) is 0 Å². The molecule has 1 fully saturated rings. The lowest BCUT2D eigenvalue weighted by Crippen LogP contribution is -2.57. The Balaban J connectivity index is 1.26. The number of H-pyrrole nitrogens is 1. The van der Waals surface area contributed by atoms with Crippen molar-refractivity contribution in [1.82, 2.24) is 20.5 Å². The average molecular weight is 668 g/mol. The van der Waals surface area contributed by atoms with Crippen molar-refractivity contribution in [3.05, 3.63) is 102 Å². The number of carboxylic acids is 1. The van der Waals surface area contributed by atoms with Crippen molar-refractivity contribution < 1.29 is 29.0 Å². The van der Waals surface area contributed by atoms with Gasteiger partial charge in [0.05, 0.1) is 12.6 Å². The van der Waals surface area contributed by atoms with Crippen molar-refractivity contribution in [3.63, 3.8) is 0 Å². The number of ether oxygens (including phenoxy) is 1. The number of likely N-dealkylation sites (tertiary alicyclic amines) is 1. The van der Waals surface area contributed by atoms with Gasteiger partial charge >= 0.3 is 5.97 Å². The molecule has 0 aliphatic carbocycles. The number of nitrogens with one attached hydrogen (secondary N) is 3. The number of carboxylic acid groups (broad SMARTS) is 1. The molecule has 4 atom stereocenters. The first-order valence-electron chi connectivity index (χ1n) is 16.8. The Bertz CT molecular complexity index is 1740. The molecule has 4 aromatic rings. The van der Waals surface area contributed by atoms with Gasteiger partial charge in [-0.2, -0.15) is 0 Å². The van der Waals surface area contributed by atoms with Crippen LogP contribution in [0.1, 0.15) is 43.4 Å². The van der Waals surface area contributed by atoms with Gasteiger partial charge in [0.2, 0.25) is 17.7 Å². The number of rotatable bonds is 15. The first kappa shape index (κ1) is 35.2. The van der Waals surface area contributed by atoms with Crippen LogP contribution in [0.25, 0.3) is 10.9 Å². The first-order valence-corrected chi connectivity index (χ1v) is 16.8. The van der Waals surface area contributed by atoms with Crippen LogP contribution in [0.15, 0.2) is 85.1 Å². The van der Waals surface area contributed by atoms with Gasteiger partial charge in [-0.3, -0.25) is 14.4 Å². The molecule has 3 amide bonds. The number of hydrogen-bond donors (Lipinski definition) is 5. The van der Waals surface area contributed by atoms with Crippen molar-refractivity contribution >= 4 is 34.6 Å². The van der Waals surface area contributed by atoms with E-state index in [4.69, 9.17) is 10.5 Å². The summed E-state index contributed by atoms with van der Waals surface area (Å²) in [5.41, 5.74) is 9.76. The fraction of sp³-hybridized carbons (Fsp3) is 0.368. The van der Waals surface area contributed by atoms with Crippen LogP contribution in [-0.2, 0) is 38.4 Å². The number of benzene rings is 3. The molecule has 1 aliphatic rings. The predicted octanol–water partition coefficient (Wildman–Crippen LogP) is 3.60. The number of aromatic nitrogens is 1. The Hall–Kier alpha value is -5.16. The number of para-hydroxylation sites is 1. The predicted molar refractivity (Wildman–Crippen MR) is 187 cm³/mol. The van der Waals surface area contributed by atoms with Gasteiger partial charge in [-0.1, -0.05) is 74.5 Å². The number of nitrogens with two attached hydrogens (primary N) is 1. The molecule has 11 nitrogen and oxygen atoms in total. The molecule has 0 saturated carbocycles. The summed E-state index contributed by atoms with van der Waals surface area (Å²) >= 11 is 0. The summed E-state index contributed by atoms with van der Waals surface area (Å²) in [4.78, 5) is 58.0. The smallest absolute Gasteiger partial charge is 0.326 e. The average Bonchev–Trinajstić information content (AvgIpc) is 3.75. The third kappa shape index (κ3) is 9.26. The number of fused-ring (bicyclic) bond motifs is 1. The molecule has 2 heterocycles. The van der Waals surface area contributed by atoms with E-state index < -0.39 is 47.9 Å². The maximum atomic E-state index is 14.1. The van der Waals surface area contributed by atoms with Crippen molar-refractivity contribution in [3.8, 4) is 5.75 Å². The zero-order valence-electron chi connectivity index (χ0n) is 27.9. The van der Waals surface area contributed by atoms with Crippen LogP contribution >= 0.6 is 0 Å². The minimum atomic E-state index is -1.20. The maximum absolute atomic E-state index is 14.1. The standard InChI is InChI=1S/C38H45N5O6/c1-24(2)23-49-28-16-14-26(15-17-28)20-33(38(47)48)42-36(45)34-13-8-18-43(34)37(46)32(19-25-9-4-3-5-10-25)41-35(44)30(39)21-27-22-40-31-12-7-6-11-29(27)31/h3-7,9-12,14-17,22,24,30,32-34,40H,8,13,18-21,23,39H2,1-2H3,(H,41,44)(H,42,45)(H,47,48)/t30-,32+,33+,34-/m1/s1. The van der Waals surface area contributed by atoms with Gasteiger partial charge in [-0.25, -0.2) is 4.79 Å². The van der Waals surface area contributed by atoms with E-state index in [0.29, 0.717) is 37.7 Å². The number of hydrogen-bond acceptors (Lipinski definition) is 6. The second-order valence-electron chi connectivity index (χ2n) is 13.1. The Labute approximate surface area is 286 Å². The summed E-state index contributed by atoms with van der Waals surface area (Å²) in [6, 6.07) is 20.2. The molecule has 0 spiro atoms. The highest BCUT2D eigenvalue weighted by molar-refractivity contribution is 5.95. The monoisotopic (exact) mass is 667 g/mol. The Morgan fingerprint density at radius 3 is 2.29 bits per heavy atom. The van der Waals surface area contributed by atoms with E-state index in [1.807, 2.05) is 60.8 Å². The number of nitrogens with zero attached hydrogens (tertiary/aromatic N) is 1. The first-order chi connectivity index (χ1) is 23.6. The van der Waals surface area contributed by atoms with Crippen molar-refractivity contribution in [2.45, 2.75) is 70.1 Å². The Morgan fingerprint density at radius 2 is 1.57 bits per heavy atom. The van der Waals surface area contributed by atoms with Crippen molar-refractivity contribution in [2.24, 2.45) is 11.7 Å². The van der Waals surface area contributed by atoms with Gasteiger partial charge in [-0.05, 0) is 60.1 Å². The summed E-state index contributed by atoms with van der Waals surface area (Å²) in [5.74, 6) is -1.57. The topological polar surface area (TPSA) is 167 Å². The van der Waals surface area contributed by atoms with E-state index in [0.717, 1.165) is 27.6 Å². The molecule has 258 valence electrons. The molecular formula is C38H45N5O6. The van der Waals surface area contributed by atoms with E-state index in [-0.39, 0.29) is 19.3 Å². The van der Waals surface area contributed by atoms with E-state index in [9.17, 15) is 24.3 Å². The van der Waals surface area contributed by atoms with Gasteiger partial charge in [-0.15, -0.1) is 0 Å². The van der Waals surface area contributed by atoms with E-state index in [2.05, 4.69) is 29.5 Å². The quantitative estimate of drug-likeness (QED) is 0.129. The Kier molecular flexibility index (Phi) is 11.7. The minimum Gasteiger partial charge on any atom is -0.493 e. The molecule has 0 unspecified atom stereocenters. The van der Waals surface area contributed by atoms with Crippen LogP contribution in [0.4, 0.5) is 0 Å². The van der Waals surface area contributed by atoms with Crippen LogP contribution in [0, 0.1) is 5.92 Å². The molecule has 1 aromatic heterocycles. The molecule has 1 saturated heterocycles. The molecule has 5 rings (SSSR count). The highest BCUT2D eigenvalue weighted by atomic mass is 16.5. The van der Waals surface area contributed by atoms with E-state index >= 15 is 0 Å². The SMILES string of the molecule is CC(C)COc1ccc(C[C@H](NC(=O)[C@H]2CCCN2C(=O)[C@H](Cc2ccccc2)NC(=O)[C@H](N)Cc2c[nH]c3ccccc23)C(=O)O)cc1. The second-order valence-corrected chi connectivity index (χ2v) is 13.1. The van der Waals surface area contributed by atoms with Crippen LogP contribution < -0.4 is 21.1 Å². The molecular weight excluding hydrogens is 622 g/mol. The lowest BCUT2D eigenvalue weighted by Gasteiger charge is -2.30. The molecule has 49 heavy (non-hydrogen) atoms. The van der Waals surface area contributed by atoms with Gasteiger partial charge in [0.25, 0.3) is 0 Å². The summed E-state index contributed by atoms with van der Waals surface area (Å²) in [7, 11) is 0. The van der Waals surface area contributed by atoms with Gasteiger partial charge in [0.1, 0.15) is 23.9 Å². The van der Waals surface area contributed by atoms with Crippen molar-refractivity contribution in [2.75, 3.05) is 13.2 Å². The fourth-order valence-corrected chi connectivity index (χ4v) is 6.15. The van der Waals surface area contributed by atoms with Gasteiger partial charge < -0.3 is 36.1 Å². The summed E-state index contributed by atoms with van der Waals surface area (Å²) in [6.07, 6.45) is 3.29. The van der Waals surface area contributed by atoms with E-state index in [1.165, 1.54) is 4.90 Å². The highest BCUT2D eigenvalue weighted by Gasteiger charge is 2.39. The fourth-order valence-electron chi connectivity index (χ4n) is 6.15. The molecule has 0 bridgehead atoms. The zero-order valence-corrected chi connectivity index (χ0v) is 27.9. The molecule has 1 aliphatic heterocycles. The minimum absolute atomic E-state index is 0.0627. The van der Waals surface area contributed by atoms with Gasteiger partial charge in [0, 0.05) is 36.5 Å². The van der Waals surface area contributed by atoms with Crippen LogP contribution in [0.3, 0.4) is 0 Å². The summed E-state index contributed by atoms with van der Waals surface area (Å²) in [5, 5.41) is 16.5. The molecule has 6 N–H and O–H groups in total. The zero-order chi connectivity index (χ0) is 34.9. The number of carbonyl (C=O) groups is 4. The Morgan fingerprint density at radius 1 is 0.898 bits per heavy atom. The maximum Gasteiger partial charge on any atom is 0.326 e. The molecule has 11 heteroatoms. The number of aliphatic carboxylic acids is 1. The third-order valence-corrected chi connectivity index (χ3v) is 8.75. The molecule has 0 radical (unpaired) electrons. The lowest BCUT2D eigenvalue weighted by molar-refractivity contribution is -0.144. The van der Waals surface area contributed by atoms with Crippen LogP contribution in [-0.4, -0.2) is 76.0 Å². The second kappa shape index (κ2) is 16.3. The highest BCUT2D eigenvalue weighted by Crippen LogP contribution is 2.22. The normalized spacial score (nSPS) is 16.2. The third-order valence-electron chi connectivity index (χ3n) is 8.75. The van der Waals surface area contributed by atoms with Crippen LogP contribution in [0.5, 0.6) is 5.75 Å². The lowest BCUT2D eigenvalue weighted by atomic mass is 10.0.